The normalized spacial score (nSPS) is 33.4. The second-order valence-electron chi connectivity index (χ2n) is 14.2. The average molecular weight is 839 g/mol. The number of rotatable bonds is 10. The van der Waals surface area contributed by atoms with E-state index in [0.717, 1.165) is 56.3 Å². The molecule has 13 atom stereocenters. The van der Waals surface area contributed by atoms with Crippen LogP contribution in [-0.4, -0.2) is 109 Å². The highest BCUT2D eigenvalue weighted by atomic mass is 32.7. The van der Waals surface area contributed by atoms with E-state index in [4.69, 9.17) is 23.5 Å². The van der Waals surface area contributed by atoms with Gasteiger partial charge in [0.25, 0.3) is 0 Å². The summed E-state index contributed by atoms with van der Waals surface area (Å²) in [5.74, 6) is 0.307. The molecule has 0 aromatic carbocycles. The quantitative estimate of drug-likeness (QED) is 0.0745. The van der Waals surface area contributed by atoms with E-state index < -0.39 is 76.8 Å². The minimum absolute atomic E-state index is 0.0486. The van der Waals surface area contributed by atoms with Crippen molar-refractivity contribution >= 4 is 61.3 Å². The minimum atomic E-state index is -2.37. The van der Waals surface area contributed by atoms with Gasteiger partial charge in [-0.05, 0) is 40.7 Å². The van der Waals surface area contributed by atoms with Crippen molar-refractivity contribution in [2.24, 2.45) is 5.92 Å². The minimum Gasteiger partial charge on any atom is -0.394 e. The largest absolute Gasteiger partial charge is 0.582 e. The summed E-state index contributed by atoms with van der Waals surface area (Å²) in [5, 5.41) is 40.9. The van der Waals surface area contributed by atoms with E-state index in [1.165, 1.54) is 19.0 Å². The van der Waals surface area contributed by atoms with Gasteiger partial charge in [0, 0.05) is 11.8 Å². The molecule has 2 fully saturated rings. The monoisotopic (exact) mass is 838 g/mol. The van der Waals surface area contributed by atoms with Gasteiger partial charge in [-0.2, -0.15) is 0 Å². The fourth-order valence-electron chi connectivity index (χ4n) is 8.02. The van der Waals surface area contributed by atoms with E-state index in [-0.39, 0.29) is 17.8 Å². The second-order valence-corrected chi connectivity index (χ2v) is 17.5. The number of imidazole rings is 2. The third-order valence-corrected chi connectivity index (χ3v) is 12.1. The molecule has 2 saturated heterocycles. The molecule has 22 heteroatoms. The molecule has 0 saturated carbocycles. The lowest BCUT2D eigenvalue weighted by Gasteiger charge is -2.22. The van der Waals surface area contributed by atoms with Gasteiger partial charge in [-0.3, -0.25) is 9.13 Å². The van der Waals surface area contributed by atoms with Crippen LogP contribution in [0.5, 0.6) is 0 Å². The van der Waals surface area contributed by atoms with E-state index in [1.807, 2.05) is 0 Å². The summed E-state index contributed by atoms with van der Waals surface area (Å²) in [6.07, 6.45) is 8.15. The molecule has 4 aromatic heterocycles. The standard InChI is InChI=1S/C33H42N8O10P2S2/c1-17-6-5-9-18(22-24-30(36-13-34-22)40(15-38-24)32-28(50-52(46)54)26(44)20(11-42)48-32)7-3-2-4-8-19(10-17)23-25-31(37-14-35-23)41(16-39-25)33-29(51-53(47)55)27(45)21(12-43)49-33/h5-6,13-21,26-29,32-33,42-45H,2-4,7-12H2,1H3/p+2/b6-5-/t17?,18?,19?,20-,21?,26-,27-,28-,29-,32-,33?/m1/s1. The van der Waals surface area contributed by atoms with Gasteiger partial charge in [0.2, 0.25) is 0 Å². The summed E-state index contributed by atoms with van der Waals surface area (Å²) >= 11 is 7.72. The molecule has 6 heterocycles. The van der Waals surface area contributed by atoms with Crippen LogP contribution in [0.1, 0.15) is 87.5 Å². The van der Waals surface area contributed by atoms with Crippen molar-refractivity contribution in [1.82, 2.24) is 39.0 Å². The lowest BCUT2D eigenvalue weighted by molar-refractivity contribution is -0.0481. The number of fused-ring (bicyclic) bond motifs is 2. The first-order valence-corrected chi connectivity index (χ1v) is 22.8. The molecule has 7 rings (SSSR count). The van der Waals surface area contributed by atoms with Crippen molar-refractivity contribution in [2.75, 3.05) is 13.2 Å². The first kappa shape index (κ1) is 40.6. The van der Waals surface area contributed by atoms with Crippen molar-refractivity contribution in [2.45, 2.75) is 113 Å². The smallest absolute Gasteiger partial charge is 0.394 e. The Hall–Kier alpha value is -2.58. The number of aromatic nitrogens is 8. The molecular formula is C33H44N8O10P2S2+2. The lowest BCUT2D eigenvalue weighted by atomic mass is 9.85. The van der Waals surface area contributed by atoms with Crippen LogP contribution in [0.3, 0.4) is 0 Å². The Labute approximate surface area is 328 Å². The third kappa shape index (κ3) is 8.52. The van der Waals surface area contributed by atoms with Crippen LogP contribution in [0.4, 0.5) is 0 Å². The van der Waals surface area contributed by atoms with Crippen LogP contribution in [0.15, 0.2) is 37.5 Å². The molecule has 18 nitrogen and oxygen atoms in total. The lowest BCUT2D eigenvalue weighted by Crippen LogP contribution is -2.34. The molecule has 3 aliphatic rings. The Morgan fingerprint density at radius 3 is 1.75 bits per heavy atom. The molecule has 55 heavy (non-hydrogen) atoms. The van der Waals surface area contributed by atoms with Crippen LogP contribution in [-0.2, 0) is 27.7 Å². The first-order chi connectivity index (χ1) is 26.6. The number of nitrogens with zero attached hydrogens (tertiary/aromatic N) is 8. The molecule has 0 spiro atoms. The summed E-state index contributed by atoms with van der Waals surface area (Å²) < 4.78 is 49.7. The van der Waals surface area contributed by atoms with E-state index >= 15 is 0 Å². The highest BCUT2D eigenvalue weighted by Crippen LogP contribution is 2.43. The SMILES string of the molecule is CC1/C=C\CC(c2ncnc3c2ncn3[C@@H]2O[C@H](CO)[C@@H](O)[C@H]2O[P+](=O)S)CCCCCC(c2ncnc3c2ncn3C2OC(CO)[C@@H](O)[C@H]2O[P+](=O)S)C1. The zero-order chi connectivity index (χ0) is 38.8. The van der Waals surface area contributed by atoms with Crippen molar-refractivity contribution < 1.29 is 48.1 Å². The number of allylic oxidation sites excluding steroid dienone is 2. The molecule has 0 amide bonds. The van der Waals surface area contributed by atoms with Crippen molar-refractivity contribution in [3.05, 3.63) is 48.8 Å². The molecule has 1 aliphatic carbocycles. The molecule has 0 bridgehead atoms. The molecule has 7 unspecified atom stereocenters. The van der Waals surface area contributed by atoms with E-state index in [0.29, 0.717) is 22.3 Å². The van der Waals surface area contributed by atoms with Gasteiger partial charge in [-0.1, -0.05) is 38.3 Å². The summed E-state index contributed by atoms with van der Waals surface area (Å²) in [5.41, 5.74) is 3.74. The highest BCUT2D eigenvalue weighted by molar-refractivity contribution is 8.39. The predicted molar refractivity (Wildman–Crippen MR) is 204 cm³/mol. The zero-order valence-electron chi connectivity index (χ0n) is 29.8. The molecule has 4 N–H and O–H groups in total. The highest BCUT2D eigenvalue weighted by Gasteiger charge is 2.51. The average Bonchev–Trinajstić information content (AvgIpc) is 3.93. The van der Waals surface area contributed by atoms with Gasteiger partial charge in [-0.15, -0.1) is 9.05 Å². The Morgan fingerprint density at radius 2 is 1.25 bits per heavy atom. The fourth-order valence-corrected chi connectivity index (χ4v) is 9.55. The van der Waals surface area contributed by atoms with Crippen LogP contribution in [0.2, 0.25) is 0 Å². The van der Waals surface area contributed by atoms with E-state index in [9.17, 15) is 29.6 Å². The number of thiol groups is 2. The summed E-state index contributed by atoms with van der Waals surface area (Å²) in [7, 11) is -4.74. The number of aliphatic hydroxyl groups excluding tert-OH is 4. The molecular weight excluding hydrogens is 794 g/mol. The number of hydrogen-bond acceptors (Lipinski definition) is 16. The fraction of sp³-hybridized carbons (Fsp3) is 0.636. The number of ether oxygens (including phenoxy) is 2. The third-order valence-electron chi connectivity index (χ3n) is 10.7. The molecule has 0 radical (unpaired) electrons. The summed E-state index contributed by atoms with van der Waals surface area (Å²) in [6.45, 7) is 1.26. The van der Waals surface area contributed by atoms with Gasteiger partial charge >= 0.3 is 14.5 Å². The van der Waals surface area contributed by atoms with Crippen LogP contribution < -0.4 is 0 Å². The molecule has 296 valence electrons. The van der Waals surface area contributed by atoms with Gasteiger partial charge < -0.3 is 29.9 Å². The van der Waals surface area contributed by atoms with Crippen LogP contribution in [0, 0.1) is 5.92 Å². The Morgan fingerprint density at radius 1 is 0.764 bits per heavy atom. The van der Waals surface area contributed by atoms with Crippen molar-refractivity contribution in [1.29, 1.82) is 0 Å². The van der Waals surface area contributed by atoms with Crippen molar-refractivity contribution in [3.63, 3.8) is 0 Å². The Bertz CT molecular complexity index is 2030. The van der Waals surface area contributed by atoms with Gasteiger partial charge in [-0.25, -0.2) is 29.9 Å². The Balaban J connectivity index is 1.10. The topological polar surface area (TPSA) is 239 Å². The predicted octanol–water partition coefficient (Wildman–Crippen LogP) is 4.22. The van der Waals surface area contributed by atoms with Gasteiger partial charge in [0.05, 0.1) is 37.3 Å². The maximum Gasteiger partial charge on any atom is 0.582 e. The molecule has 2 aliphatic heterocycles. The Kier molecular flexibility index (Phi) is 13.2. The van der Waals surface area contributed by atoms with E-state index in [1.54, 1.807) is 15.5 Å². The summed E-state index contributed by atoms with van der Waals surface area (Å²) in [6, 6.07) is 0. The second kappa shape index (κ2) is 17.9. The van der Waals surface area contributed by atoms with Crippen molar-refractivity contribution in [3.8, 4) is 0 Å². The summed E-state index contributed by atoms with van der Waals surface area (Å²) in [4.78, 5) is 27.7. The van der Waals surface area contributed by atoms with Crippen LogP contribution >= 0.6 is 39.0 Å². The first-order valence-electron chi connectivity index (χ1n) is 18.2. The van der Waals surface area contributed by atoms with Gasteiger partial charge in [0.1, 0.15) is 72.6 Å². The van der Waals surface area contributed by atoms with E-state index in [2.05, 4.69) is 68.5 Å². The number of hydrogen-bond donors (Lipinski definition) is 6. The van der Waals surface area contributed by atoms with Crippen LogP contribution in [0.25, 0.3) is 22.3 Å². The number of aliphatic hydroxyl groups is 4. The molecule has 4 aromatic rings. The maximum atomic E-state index is 11.9. The zero-order valence-corrected chi connectivity index (χ0v) is 33.4. The van der Waals surface area contributed by atoms with Gasteiger partial charge in [0.15, 0.2) is 36.0 Å². The maximum absolute atomic E-state index is 11.9.